The Labute approximate surface area is 107 Å². The Bertz CT molecular complexity index is 535. The number of rotatable bonds is 3. The van der Waals surface area contributed by atoms with Crippen LogP contribution in [0.25, 0.3) is 0 Å². The maximum atomic E-state index is 14.0. The molecule has 0 spiro atoms. The zero-order valence-corrected chi connectivity index (χ0v) is 10.6. The number of nitrogens with one attached hydrogen (secondary N) is 1. The van der Waals surface area contributed by atoms with Gasteiger partial charge in [0.1, 0.15) is 5.82 Å². The van der Waals surface area contributed by atoms with Crippen molar-refractivity contribution in [1.82, 2.24) is 5.43 Å². The van der Waals surface area contributed by atoms with Crippen molar-refractivity contribution in [3.05, 3.63) is 70.5 Å². The molecule has 18 heavy (non-hydrogen) atoms. The lowest BCUT2D eigenvalue weighted by Gasteiger charge is -2.18. The molecule has 0 amide bonds. The molecule has 0 saturated carbocycles. The number of hydrogen-bond acceptors (Lipinski definition) is 2. The molecule has 0 aliphatic heterocycles. The van der Waals surface area contributed by atoms with Crippen molar-refractivity contribution in [2.75, 3.05) is 0 Å². The van der Waals surface area contributed by atoms with E-state index < -0.39 is 0 Å². The van der Waals surface area contributed by atoms with Crippen molar-refractivity contribution in [3.8, 4) is 0 Å². The van der Waals surface area contributed by atoms with Gasteiger partial charge in [0.25, 0.3) is 0 Å². The molecule has 2 aromatic rings. The third-order valence-corrected chi connectivity index (χ3v) is 3.04. The summed E-state index contributed by atoms with van der Waals surface area (Å²) in [4.78, 5) is 0. The Morgan fingerprint density at radius 1 is 1.00 bits per heavy atom. The SMILES string of the molecule is Cc1ccc(C(NN)c2ccc(C)cc2F)cc1. The molecule has 0 heterocycles. The van der Waals surface area contributed by atoms with Crippen LogP contribution in [0.4, 0.5) is 4.39 Å². The Morgan fingerprint density at radius 2 is 1.61 bits per heavy atom. The maximum absolute atomic E-state index is 14.0. The Balaban J connectivity index is 2.41. The minimum atomic E-state index is -0.328. The topological polar surface area (TPSA) is 38.0 Å². The monoisotopic (exact) mass is 244 g/mol. The molecule has 2 aromatic carbocycles. The van der Waals surface area contributed by atoms with Crippen LogP contribution in [0, 0.1) is 19.7 Å². The fourth-order valence-electron chi connectivity index (χ4n) is 1.99. The van der Waals surface area contributed by atoms with Crippen LogP contribution in [0.3, 0.4) is 0 Å². The van der Waals surface area contributed by atoms with Gasteiger partial charge in [0.15, 0.2) is 0 Å². The Morgan fingerprint density at radius 3 is 2.17 bits per heavy atom. The van der Waals surface area contributed by atoms with Crippen LogP contribution in [-0.4, -0.2) is 0 Å². The normalized spacial score (nSPS) is 12.4. The second kappa shape index (κ2) is 5.29. The molecular formula is C15H17FN2. The summed E-state index contributed by atoms with van der Waals surface area (Å²) >= 11 is 0. The lowest BCUT2D eigenvalue weighted by molar-refractivity contribution is 0.559. The molecule has 3 N–H and O–H groups in total. The van der Waals surface area contributed by atoms with Crippen LogP contribution in [0.5, 0.6) is 0 Å². The summed E-state index contributed by atoms with van der Waals surface area (Å²) in [6.45, 7) is 3.88. The zero-order valence-electron chi connectivity index (χ0n) is 10.6. The summed E-state index contributed by atoms with van der Waals surface area (Å²) in [5.74, 6) is 5.33. The molecule has 2 rings (SSSR count). The van der Waals surface area contributed by atoms with E-state index in [9.17, 15) is 4.39 Å². The lowest BCUT2D eigenvalue weighted by atomic mass is 9.97. The Hall–Kier alpha value is -1.71. The Kier molecular flexibility index (Phi) is 3.75. The second-order valence-electron chi connectivity index (χ2n) is 4.54. The quantitative estimate of drug-likeness (QED) is 0.643. The smallest absolute Gasteiger partial charge is 0.128 e. The van der Waals surface area contributed by atoms with Crippen molar-refractivity contribution in [2.24, 2.45) is 5.84 Å². The van der Waals surface area contributed by atoms with E-state index >= 15 is 0 Å². The molecule has 0 bridgehead atoms. The van der Waals surface area contributed by atoms with Crippen molar-refractivity contribution >= 4 is 0 Å². The van der Waals surface area contributed by atoms with Crippen molar-refractivity contribution in [1.29, 1.82) is 0 Å². The highest BCUT2D eigenvalue weighted by Gasteiger charge is 2.16. The van der Waals surface area contributed by atoms with Crippen molar-refractivity contribution in [2.45, 2.75) is 19.9 Å². The van der Waals surface area contributed by atoms with Gasteiger partial charge < -0.3 is 0 Å². The van der Waals surface area contributed by atoms with Crippen molar-refractivity contribution < 1.29 is 4.39 Å². The molecule has 0 aliphatic rings. The van der Waals surface area contributed by atoms with Gasteiger partial charge in [-0.3, -0.25) is 5.84 Å². The fraction of sp³-hybridized carbons (Fsp3) is 0.200. The standard InChI is InChI=1S/C15H17FN2/c1-10-3-6-12(7-4-10)15(18-17)13-8-5-11(2)9-14(13)16/h3-9,15,18H,17H2,1-2H3. The van der Waals surface area contributed by atoms with Gasteiger partial charge in [0.2, 0.25) is 0 Å². The molecular weight excluding hydrogens is 227 g/mol. The fourth-order valence-corrected chi connectivity index (χ4v) is 1.99. The summed E-state index contributed by atoms with van der Waals surface area (Å²) in [7, 11) is 0. The molecule has 3 heteroatoms. The number of halogens is 1. The highest BCUT2D eigenvalue weighted by molar-refractivity contribution is 5.35. The van der Waals surface area contributed by atoms with E-state index in [1.54, 1.807) is 6.07 Å². The summed E-state index contributed by atoms with van der Waals surface area (Å²) < 4.78 is 14.0. The van der Waals surface area contributed by atoms with E-state index in [1.165, 1.54) is 11.6 Å². The zero-order chi connectivity index (χ0) is 13.1. The van der Waals surface area contributed by atoms with Crippen molar-refractivity contribution in [3.63, 3.8) is 0 Å². The number of aryl methyl sites for hydroxylation is 2. The molecule has 0 fully saturated rings. The lowest BCUT2D eigenvalue weighted by Crippen LogP contribution is -2.29. The van der Waals surface area contributed by atoms with E-state index in [4.69, 9.17) is 5.84 Å². The molecule has 1 unspecified atom stereocenters. The number of benzene rings is 2. The van der Waals surface area contributed by atoms with Gasteiger partial charge in [0, 0.05) is 5.56 Å². The van der Waals surface area contributed by atoms with Gasteiger partial charge >= 0.3 is 0 Å². The number of hydrogen-bond donors (Lipinski definition) is 2. The van der Waals surface area contributed by atoms with Gasteiger partial charge in [-0.15, -0.1) is 0 Å². The minimum absolute atomic E-state index is 0.237. The first-order valence-electron chi connectivity index (χ1n) is 5.90. The van der Waals surface area contributed by atoms with E-state index in [0.29, 0.717) is 5.56 Å². The summed E-state index contributed by atoms with van der Waals surface area (Å²) in [6, 6.07) is 12.8. The average molecular weight is 244 g/mol. The molecule has 1 atom stereocenters. The third-order valence-electron chi connectivity index (χ3n) is 3.04. The first-order valence-corrected chi connectivity index (χ1v) is 5.90. The van der Waals surface area contributed by atoms with E-state index in [0.717, 1.165) is 11.1 Å². The van der Waals surface area contributed by atoms with Gasteiger partial charge in [-0.1, -0.05) is 42.0 Å². The summed E-state index contributed by atoms with van der Waals surface area (Å²) in [6.07, 6.45) is 0. The third kappa shape index (κ3) is 2.58. The molecule has 94 valence electrons. The van der Waals surface area contributed by atoms with Crippen LogP contribution in [0.15, 0.2) is 42.5 Å². The van der Waals surface area contributed by atoms with E-state index in [1.807, 2.05) is 44.2 Å². The van der Waals surface area contributed by atoms with Crippen LogP contribution < -0.4 is 11.3 Å². The van der Waals surface area contributed by atoms with Gasteiger partial charge in [-0.2, -0.15) is 0 Å². The predicted octanol–water partition coefficient (Wildman–Crippen LogP) is 3.00. The maximum Gasteiger partial charge on any atom is 0.128 e. The van der Waals surface area contributed by atoms with Crippen LogP contribution >= 0.6 is 0 Å². The predicted molar refractivity (Wildman–Crippen MR) is 71.5 cm³/mol. The molecule has 0 radical (unpaired) electrons. The largest absolute Gasteiger partial charge is 0.271 e. The molecule has 0 saturated heterocycles. The summed E-state index contributed by atoms with van der Waals surface area (Å²) in [5.41, 5.74) is 6.25. The molecule has 0 aromatic heterocycles. The van der Waals surface area contributed by atoms with E-state index in [-0.39, 0.29) is 11.9 Å². The number of nitrogens with two attached hydrogens (primary N) is 1. The molecule has 2 nitrogen and oxygen atoms in total. The highest BCUT2D eigenvalue weighted by atomic mass is 19.1. The van der Waals surface area contributed by atoms with Crippen LogP contribution in [0.1, 0.15) is 28.3 Å². The second-order valence-corrected chi connectivity index (χ2v) is 4.54. The molecule has 0 aliphatic carbocycles. The van der Waals surface area contributed by atoms with Gasteiger partial charge in [0.05, 0.1) is 6.04 Å². The van der Waals surface area contributed by atoms with Crippen LogP contribution in [-0.2, 0) is 0 Å². The van der Waals surface area contributed by atoms with Gasteiger partial charge in [-0.25, -0.2) is 9.82 Å². The minimum Gasteiger partial charge on any atom is -0.271 e. The highest BCUT2D eigenvalue weighted by Crippen LogP contribution is 2.24. The summed E-state index contributed by atoms with van der Waals surface area (Å²) in [5, 5.41) is 0. The first-order chi connectivity index (χ1) is 8.61. The van der Waals surface area contributed by atoms with Crippen LogP contribution in [0.2, 0.25) is 0 Å². The van der Waals surface area contributed by atoms with E-state index in [2.05, 4.69) is 5.43 Å². The first kappa shape index (κ1) is 12.7. The number of hydrazine groups is 1. The van der Waals surface area contributed by atoms with Gasteiger partial charge in [-0.05, 0) is 31.0 Å². The average Bonchev–Trinajstić information content (AvgIpc) is 2.35.